The van der Waals surface area contributed by atoms with E-state index in [1.54, 1.807) is 24.3 Å². The van der Waals surface area contributed by atoms with Gasteiger partial charge in [-0.25, -0.2) is 4.98 Å². The quantitative estimate of drug-likeness (QED) is 0.162. The molecule has 3 nitrogen and oxygen atoms in total. The number of rotatable bonds is 6. The molecule has 3 heterocycles. The van der Waals surface area contributed by atoms with E-state index in [-0.39, 0.29) is 44.2 Å². The first kappa shape index (κ1) is 14.5. The normalized spacial score (nSPS) is 18.0. The van der Waals surface area contributed by atoms with Crippen molar-refractivity contribution in [1.82, 2.24) is 9.97 Å². The first-order chi connectivity index (χ1) is 36.7. The molecule has 7 aromatic carbocycles. The zero-order chi connectivity index (χ0) is 56.9. The van der Waals surface area contributed by atoms with Gasteiger partial charge in [-0.3, -0.25) is 4.98 Å². The minimum absolute atomic E-state index is 0.139. The Kier molecular flexibility index (Phi) is 3.53. The molecule has 0 aliphatic heterocycles. The van der Waals surface area contributed by atoms with E-state index < -0.39 is 196 Å². The van der Waals surface area contributed by atoms with Crippen molar-refractivity contribution in [1.29, 1.82) is 0 Å². The molecular formula is C50H32N2O. The summed E-state index contributed by atoms with van der Waals surface area (Å²) in [6.07, 6.45) is -0.621. The molecule has 0 spiro atoms. The van der Waals surface area contributed by atoms with Crippen LogP contribution in [0, 0.1) is 0 Å². The van der Waals surface area contributed by atoms with Crippen LogP contribution in [0.4, 0.5) is 0 Å². The van der Waals surface area contributed by atoms with E-state index >= 15 is 0 Å². The highest BCUT2D eigenvalue weighted by Gasteiger charge is 2.25. The van der Waals surface area contributed by atoms with E-state index in [9.17, 15) is 4.11 Å². The fourth-order valence-corrected chi connectivity index (χ4v) is 6.17. The van der Waals surface area contributed by atoms with Gasteiger partial charge in [0.05, 0.1) is 51.0 Å². The van der Waals surface area contributed by atoms with Gasteiger partial charge < -0.3 is 4.42 Å². The molecule has 0 bridgehead atoms. The molecule has 10 rings (SSSR count). The predicted octanol–water partition coefficient (Wildman–Crippen LogP) is 13.5. The van der Waals surface area contributed by atoms with Crippen LogP contribution in [0.2, 0.25) is 0 Å². The largest absolute Gasteiger partial charge is 0.455 e. The number of aromatic nitrogens is 2. The summed E-state index contributed by atoms with van der Waals surface area (Å²) in [5.41, 5.74) is -4.58. The SMILES string of the molecule is [2H]c1cc(-c2oc(-c3c([2H])c([2H])c([2H])c([2H])c3[2H])c(-c3c([2H])c([2H])c([2H])c([2H])c3[2H])c2-c2c([2H])c([2H])c([2H])c([2H])c2[2H])c([2H])c([2H])c1-c1ccc(-c2nc3c(c([2H])c2[2H])c([2H])c([2H])c2c([2H])c([2H])c([2H])nc23)c2ccccc12. The molecule has 0 atom stereocenters. The summed E-state index contributed by atoms with van der Waals surface area (Å²) in [6, 6.07) is -8.66. The highest BCUT2D eigenvalue weighted by Crippen LogP contribution is 2.48. The van der Waals surface area contributed by atoms with Gasteiger partial charge in [0.15, 0.2) is 0 Å². The average Bonchev–Trinajstić information content (AvgIpc) is 4.00. The summed E-state index contributed by atoms with van der Waals surface area (Å²) >= 11 is 0. The van der Waals surface area contributed by atoms with Crippen molar-refractivity contribution >= 4 is 32.6 Å². The van der Waals surface area contributed by atoms with E-state index in [2.05, 4.69) is 9.97 Å². The number of benzene rings is 7. The van der Waals surface area contributed by atoms with Crippen molar-refractivity contribution in [2.75, 3.05) is 0 Å². The van der Waals surface area contributed by atoms with Crippen LogP contribution in [0.3, 0.4) is 0 Å². The average molecular weight is 702 g/mol. The molecular weight excluding hydrogens is 645 g/mol. The van der Waals surface area contributed by atoms with Gasteiger partial charge in [0.25, 0.3) is 0 Å². The molecule has 10 aromatic rings. The lowest BCUT2D eigenvalue weighted by Crippen LogP contribution is -1.91. The molecule has 3 aromatic heterocycles. The molecule has 248 valence electrons. The second kappa shape index (κ2) is 12.9. The van der Waals surface area contributed by atoms with Crippen LogP contribution in [0.25, 0.3) is 99.9 Å². The molecule has 0 saturated carbocycles. The van der Waals surface area contributed by atoms with Crippen molar-refractivity contribution in [2.24, 2.45) is 0 Å². The van der Waals surface area contributed by atoms with Crippen LogP contribution in [0.15, 0.2) is 198 Å². The number of hydrogen-bond donors (Lipinski definition) is 0. The van der Waals surface area contributed by atoms with Gasteiger partial charge in [0, 0.05) is 44.8 Å². The smallest absolute Gasteiger partial charge is 0.143 e. The monoisotopic (exact) mass is 701 g/mol. The van der Waals surface area contributed by atoms with E-state index in [0.29, 0.717) is 10.8 Å². The summed E-state index contributed by atoms with van der Waals surface area (Å²) < 4.78 is 227. The standard InChI is InChI=1S/C50H32N2O/c1-4-13-34(14-5-1)45-46(35-15-6-2-7-16-35)50(53-49(45)38-17-8-3-9-18-38)39-26-22-33(23-27-39)40-29-30-43(42-21-11-10-20-41(40)42)44-31-28-37-25-24-36-19-12-32-51-47(36)48(37)52-44/h1-32H/i1D,2D,3D,4D,5D,6D,7D,8D,9D,12D,13D,14D,15D,16D,17D,18D,19D,22D,23D,24D,25D,26D,28D,31D,32D. The molecule has 0 aliphatic rings. The Morgan fingerprint density at radius 2 is 0.981 bits per heavy atom. The Balaban J connectivity index is 1.29. The van der Waals surface area contributed by atoms with Gasteiger partial charge in [-0.2, -0.15) is 0 Å². The first-order valence-electron chi connectivity index (χ1n) is 28.4. The number of fused-ring (bicyclic) bond motifs is 4. The molecule has 0 amide bonds. The summed E-state index contributed by atoms with van der Waals surface area (Å²) in [5.74, 6) is -1.54. The van der Waals surface area contributed by atoms with E-state index in [0.717, 1.165) is 6.07 Å². The third-order valence-electron chi connectivity index (χ3n) is 8.46. The highest BCUT2D eigenvalue weighted by molar-refractivity contribution is 6.07. The lowest BCUT2D eigenvalue weighted by Gasteiger charge is -2.13. The van der Waals surface area contributed by atoms with E-state index in [1.165, 1.54) is 12.1 Å². The first-order valence-corrected chi connectivity index (χ1v) is 15.9. The predicted molar refractivity (Wildman–Crippen MR) is 219 cm³/mol. The highest BCUT2D eigenvalue weighted by atomic mass is 16.3. The number of hydrogen-bond acceptors (Lipinski definition) is 3. The number of furan rings is 1. The third-order valence-corrected chi connectivity index (χ3v) is 8.46. The minimum Gasteiger partial charge on any atom is -0.455 e. The second-order valence-corrected chi connectivity index (χ2v) is 11.4. The van der Waals surface area contributed by atoms with Crippen molar-refractivity contribution in [2.45, 2.75) is 0 Å². The lowest BCUT2D eigenvalue weighted by atomic mass is 9.90. The van der Waals surface area contributed by atoms with Gasteiger partial charge in [0.1, 0.15) is 11.5 Å². The van der Waals surface area contributed by atoms with Crippen LogP contribution in [0.1, 0.15) is 34.3 Å². The number of nitrogens with zero attached hydrogens (tertiary/aromatic N) is 2. The van der Waals surface area contributed by atoms with Gasteiger partial charge in [0.2, 0.25) is 0 Å². The Bertz CT molecular complexity index is 4310. The molecule has 0 aliphatic carbocycles. The van der Waals surface area contributed by atoms with E-state index in [4.69, 9.17) is 34.6 Å². The Labute approximate surface area is 342 Å². The Hall–Kier alpha value is -7.10. The Morgan fingerprint density at radius 3 is 1.68 bits per heavy atom. The summed E-state index contributed by atoms with van der Waals surface area (Å²) in [4.78, 5) is 8.80. The van der Waals surface area contributed by atoms with Gasteiger partial charge in [-0.05, 0) is 45.1 Å². The maximum Gasteiger partial charge on any atom is 0.143 e. The number of pyridine rings is 2. The van der Waals surface area contributed by atoms with Crippen LogP contribution in [-0.2, 0) is 0 Å². The van der Waals surface area contributed by atoms with Crippen LogP contribution >= 0.6 is 0 Å². The third kappa shape index (κ3) is 5.38. The molecule has 0 fully saturated rings. The van der Waals surface area contributed by atoms with Crippen LogP contribution in [-0.4, -0.2) is 9.97 Å². The van der Waals surface area contributed by atoms with Crippen molar-refractivity contribution in [3.8, 4) is 67.3 Å². The van der Waals surface area contributed by atoms with Crippen molar-refractivity contribution in [3.63, 3.8) is 0 Å². The fourth-order valence-electron chi connectivity index (χ4n) is 6.17. The molecule has 0 N–H and O–H groups in total. The summed E-state index contributed by atoms with van der Waals surface area (Å²) in [6.45, 7) is 0. The molecule has 0 saturated heterocycles. The Morgan fingerprint density at radius 1 is 0.415 bits per heavy atom. The summed E-state index contributed by atoms with van der Waals surface area (Å²) in [7, 11) is 0. The maximum absolute atomic E-state index is 9.64. The molecule has 3 heteroatoms. The van der Waals surface area contributed by atoms with Crippen LogP contribution < -0.4 is 0 Å². The molecule has 0 unspecified atom stereocenters. The zero-order valence-electron chi connectivity index (χ0n) is 51.8. The lowest BCUT2D eigenvalue weighted by molar-refractivity contribution is 0.599. The summed E-state index contributed by atoms with van der Waals surface area (Å²) in [5, 5.41) is 0.115. The maximum atomic E-state index is 9.64. The zero-order valence-corrected chi connectivity index (χ0v) is 26.8. The van der Waals surface area contributed by atoms with E-state index in [1.807, 2.05) is 0 Å². The van der Waals surface area contributed by atoms with Gasteiger partial charge in [-0.1, -0.05) is 175 Å². The van der Waals surface area contributed by atoms with Gasteiger partial charge in [-0.15, -0.1) is 0 Å². The fraction of sp³-hybridized carbons (Fsp3) is 0. The molecule has 0 radical (unpaired) electrons. The van der Waals surface area contributed by atoms with Gasteiger partial charge >= 0.3 is 0 Å². The minimum atomic E-state index is -0.954. The van der Waals surface area contributed by atoms with Crippen molar-refractivity contribution in [3.05, 3.63) is 194 Å². The van der Waals surface area contributed by atoms with Crippen molar-refractivity contribution < 1.29 is 38.7 Å². The molecule has 53 heavy (non-hydrogen) atoms. The second-order valence-electron chi connectivity index (χ2n) is 11.4. The topological polar surface area (TPSA) is 38.9 Å². The van der Waals surface area contributed by atoms with Crippen LogP contribution in [0.5, 0.6) is 0 Å².